The number of nitrogens with zero attached hydrogens (tertiary/aromatic N) is 3. The Morgan fingerprint density at radius 1 is 1.42 bits per heavy atom. The Morgan fingerprint density at radius 3 is 2.68 bits per heavy atom. The first-order valence-corrected chi connectivity index (χ1v) is 6.05. The predicted molar refractivity (Wildman–Crippen MR) is 65.6 cm³/mol. The zero-order chi connectivity index (χ0) is 14.0. The summed E-state index contributed by atoms with van der Waals surface area (Å²) in [5.41, 5.74) is -1.49. The lowest BCUT2D eigenvalue weighted by Gasteiger charge is -2.27. The number of aliphatic hydroxyl groups is 1. The fraction of sp³-hybridized carbons (Fsp3) is 0.333. The lowest BCUT2D eigenvalue weighted by Crippen LogP contribution is -2.32. The highest BCUT2D eigenvalue weighted by molar-refractivity contribution is 6.28. The smallest absolute Gasteiger partial charge is 0.242 e. The van der Waals surface area contributed by atoms with Gasteiger partial charge in [-0.3, -0.25) is 0 Å². The fourth-order valence-electron chi connectivity index (χ4n) is 1.87. The number of aromatic nitrogens is 3. The second kappa shape index (κ2) is 5.22. The molecule has 0 aliphatic rings. The van der Waals surface area contributed by atoms with Crippen molar-refractivity contribution in [2.24, 2.45) is 0 Å². The molecule has 0 saturated carbocycles. The molecule has 2 aromatic rings. The van der Waals surface area contributed by atoms with Crippen molar-refractivity contribution in [3.63, 3.8) is 0 Å². The van der Waals surface area contributed by atoms with Gasteiger partial charge in [0.2, 0.25) is 5.28 Å². The highest BCUT2D eigenvalue weighted by Gasteiger charge is 2.31. The summed E-state index contributed by atoms with van der Waals surface area (Å²) in [6.45, 7) is 1.67. The van der Waals surface area contributed by atoms with Crippen molar-refractivity contribution in [2.75, 3.05) is 0 Å². The van der Waals surface area contributed by atoms with Crippen LogP contribution in [0.1, 0.15) is 18.9 Å². The average Bonchev–Trinajstić information content (AvgIpc) is 2.74. The van der Waals surface area contributed by atoms with Crippen molar-refractivity contribution in [1.29, 1.82) is 0 Å². The van der Waals surface area contributed by atoms with Crippen molar-refractivity contribution < 1.29 is 13.9 Å². The monoisotopic (exact) mass is 287 g/mol. The number of benzene rings is 1. The van der Waals surface area contributed by atoms with Gasteiger partial charge >= 0.3 is 0 Å². The number of hydrogen-bond acceptors (Lipinski definition) is 3. The zero-order valence-corrected chi connectivity index (χ0v) is 10.9. The molecule has 1 N–H and O–H groups in total. The highest BCUT2D eigenvalue weighted by Crippen LogP contribution is 2.29. The van der Waals surface area contributed by atoms with E-state index in [0.717, 1.165) is 12.1 Å². The summed E-state index contributed by atoms with van der Waals surface area (Å²) in [6, 6.07) is 3.07. The molecule has 1 unspecified atom stereocenters. The molecule has 1 atom stereocenters. The van der Waals surface area contributed by atoms with Gasteiger partial charge in [0.15, 0.2) is 0 Å². The molecule has 1 aromatic carbocycles. The molecule has 0 amide bonds. The minimum absolute atomic E-state index is 0.0167. The van der Waals surface area contributed by atoms with Gasteiger partial charge in [0.25, 0.3) is 0 Å². The van der Waals surface area contributed by atoms with Crippen molar-refractivity contribution in [1.82, 2.24) is 14.8 Å². The Kier molecular flexibility index (Phi) is 3.82. The summed E-state index contributed by atoms with van der Waals surface area (Å²) in [4.78, 5) is 3.72. The van der Waals surface area contributed by atoms with Crippen molar-refractivity contribution >= 4 is 11.6 Å². The summed E-state index contributed by atoms with van der Waals surface area (Å²) in [5, 5.41) is 14.4. The second-order valence-electron chi connectivity index (χ2n) is 4.22. The molecule has 0 saturated heterocycles. The Hall–Kier alpha value is -1.53. The summed E-state index contributed by atoms with van der Waals surface area (Å²) < 4.78 is 28.0. The second-order valence-corrected chi connectivity index (χ2v) is 4.56. The summed E-state index contributed by atoms with van der Waals surface area (Å²) in [5.74, 6) is -1.49. The first-order valence-electron chi connectivity index (χ1n) is 5.67. The molecule has 2 rings (SSSR count). The summed E-state index contributed by atoms with van der Waals surface area (Å²) >= 11 is 5.58. The standard InChI is InChI=1S/C12H12ClF2N3O/c1-2-12(19,6-18-7-16-11(13)17-18)9-4-3-8(14)5-10(9)15/h3-5,7,19H,2,6H2,1H3. The third kappa shape index (κ3) is 2.90. The van der Waals surface area contributed by atoms with Crippen LogP contribution in [-0.4, -0.2) is 19.9 Å². The maximum atomic E-state index is 13.8. The third-order valence-electron chi connectivity index (χ3n) is 2.95. The van der Waals surface area contributed by atoms with Crippen LogP contribution >= 0.6 is 11.6 Å². The number of rotatable bonds is 4. The van der Waals surface area contributed by atoms with Crippen molar-refractivity contribution in [3.05, 3.63) is 47.0 Å². The molecule has 7 heteroatoms. The van der Waals surface area contributed by atoms with Gasteiger partial charge in [-0.15, -0.1) is 5.10 Å². The van der Waals surface area contributed by atoms with Crippen LogP contribution in [0.15, 0.2) is 24.5 Å². The first-order chi connectivity index (χ1) is 8.94. The van der Waals surface area contributed by atoms with E-state index in [1.807, 2.05) is 0 Å². The molecule has 0 fully saturated rings. The molecular formula is C12H12ClF2N3O. The SMILES string of the molecule is CCC(O)(Cn1cnc(Cl)n1)c1ccc(F)cc1F. The Morgan fingerprint density at radius 2 is 2.16 bits per heavy atom. The minimum atomic E-state index is -1.51. The van der Waals surface area contributed by atoms with E-state index in [1.54, 1.807) is 6.92 Å². The molecular weight excluding hydrogens is 276 g/mol. The molecule has 19 heavy (non-hydrogen) atoms. The van der Waals surface area contributed by atoms with Crippen LogP contribution < -0.4 is 0 Å². The zero-order valence-electron chi connectivity index (χ0n) is 10.1. The maximum Gasteiger partial charge on any atom is 0.242 e. The van der Waals surface area contributed by atoms with Crippen LogP contribution in [0.5, 0.6) is 0 Å². The molecule has 1 aromatic heterocycles. The normalized spacial score (nSPS) is 14.4. The lowest BCUT2D eigenvalue weighted by atomic mass is 9.90. The van der Waals surface area contributed by atoms with Crippen molar-refractivity contribution in [3.8, 4) is 0 Å². The number of halogens is 3. The molecule has 0 aliphatic heterocycles. The molecule has 0 aliphatic carbocycles. The molecule has 102 valence electrons. The van der Waals surface area contributed by atoms with E-state index in [9.17, 15) is 13.9 Å². The van der Waals surface area contributed by atoms with Gasteiger partial charge in [-0.05, 0) is 24.1 Å². The van der Waals surface area contributed by atoms with Crippen LogP contribution in [0.4, 0.5) is 8.78 Å². The molecule has 1 heterocycles. The predicted octanol–water partition coefficient (Wildman–Crippen LogP) is 2.51. The molecule has 4 nitrogen and oxygen atoms in total. The van der Waals surface area contributed by atoms with Gasteiger partial charge in [0, 0.05) is 11.6 Å². The van der Waals surface area contributed by atoms with Gasteiger partial charge in [0.1, 0.15) is 23.6 Å². The van der Waals surface area contributed by atoms with Crippen LogP contribution in [0.25, 0.3) is 0 Å². The van der Waals surface area contributed by atoms with Crippen LogP contribution in [0, 0.1) is 11.6 Å². The van der Waals surface area contributed by atoms with Gasteiger partial charge < -0.3 is 5.11 Å². The van der Waals surface area contributed by atoms with Gasteiger partial charge in [-0.25, -0.2) is 18.4 Å². The maximum absolute atomic E-state index is 13.8. The number of hydrogen-bond donors (Lipinski definition) is 1. The van der Waals surface area contributed by atoms with Crippen LogP contribution in [-0.2, 0) is 12.1 Å². The third-order valence-corrected chi connectivity index (χ3v) is 3.12. The van der Waals surface area contributed by atoms with E-state index in [2.05, 4.69) is 10.1 Å². The van der Waals surface area contributed by atoms with E-state index in [0.29, 0.717) is 0 Å². The molecule has 0 radical (unpaired) electrons. The lowest BCUT2D eigenvalue weighted by molar-refractivity contribution is 0.00758. The van der Waals surface area contributed by atoms with E-state index < -0.39 is 17.2 Å². The van der Waals surface area contributed by atoms with E-state index in [-0.39, 0.29) is 23.8 Å². The van der Waals surface area contributed by atoms with E-state index >= 15 is 0 Å². The Labute approximate surface area is 113 Å². The van der Waals surface area contributed by atoms with Crippen LogP contribution in [0.3, 0.4) is 0 Å². The van der Waals surface area contributed by atoms with Crippen LogP contribution in [0.2, 0.25) is 5.28 Å². The summed E-state index contributed by atoms with van der Waals surface area (Å²) in [6.07, 6.45) is 1.57. The largest absolute Gasteiger partial charge is 0.383 e. The first kappa shape index (κ1) is 13.9. The minimum Gasteiger partial charge on any atom is -0.383 e. The Bertz CT molecular complexity index is 590. The fourth-order valence-corrected chi connectivity index (χ4v) is 2.01. The topological polar surface area (TPSA) is 50.9 Å². The van der Waals surface area contributed by atoms with Crippen molar-refractivity contribution in [2.45, 2.75) is 25.5 Å². The van der Waals surface area contributed by atoms with Gasteiger partial charge in [-0.1, -0.05) is 13.0 Å². The van der Waals surface area contributed by atoms with Gasteiger partial charge in [-0.2, -0.15) is 0 Å². The highest BCUT2D eigenvalue weighted by atomic mass is 35.5. The van der Waals surface area contributed by atoms with Gasteiger partial charge in [0.05, 0.1) is 6.54 Å². The summed E-state index contributed by atoms with van der Waals surface area (Å²) in [7, 11) is 0. The molecule has 0 bridgehead atoms. The van der Waals surface area contributed by atoms with E-state index in [1.165, 1.54) is 17.1 Å². The molecule has 0 spiro atoms. The Balaban J connectivity index is 2.36. The van der Waals surface area contributed by atoms with E-state index in [4.69, 9.17) is 11.6 Å². The quantitative estimate of drug-likeness (QED) is 0.940. The average molecular weight is 288 g/mol.